The molecule has 5 rings (SSSR count). The summed E-state index contributed by atoms with van der Waals surface area (Å²) in [7, 11) is 0. The average molecular weight is 530 g/mol. The van der Waals surface area contributed by atoms with Crippen LogP contribution in [0.3, 0.4) is 0 Å². The predicted octanol–water partition coefficient (Wildman–Crippen LogP) is 4.29. The van der Waals surface area contributed by atoms with Crippen LogP contribution < -0.4 is 16.0 Å². The molecule has 2 amide bonds. The van der Waals surface area contributed by atoms with Crippen molar-refractivity contribution in [3.63, 3.8) is 0 Å². The number of hydrogen-bond donors (Lipinski definition) is 3. The average Bonchev–Trinajstić information content (AvgIpc) is 3.50. The third kappa shape index (κ3) is 7.79. The molecule has 0 saturated carbocycles. The van der Waals surface area contributed by atoms with Crippen LogP contribution in [-0.2, 0) is 17.8 Å². The number of benzene rings is 3. The van der Waals surface area contributed by atoms with Crippen molar-refractivity contribution < 1.29 is 9.53 Å². The van der Waals surface area contributed by atoms with Gasteiger partial charge in [-0.2, -0.15) is 0 Å². The van der Waals surface area contributed by atoms with E-state index in [-0.39, 0.29) is 12.1 Å². The second kappa shape index (κ2) is 13.9. The van der Waals surface area contributed by atoms with E-state index in [0.29, 0.717) is 19.1 Å². The second-order valence-electron chi connectivity index (χ2n) is 10.9. The van der Waals surface area contributed by atoms with Crippen LogP contribution in [0.25, 0.3) is 10.8 Å². The molecule has 7 heteroatoms. The summed E-state index contributed by atoms with van der Waals surface area (Å²) in [5.74, 6) is 0. The largest absolute Gasteiger partial charge is 0.379 e. The fourth-order valence-electron chi connectivity index (χ4n) is 5.62. The maximum atomic E-state index is 13.6. The van der Waals surface area contributed by atoms with E-state index in [1.54, 1.807) is 0 Å². The molecule has 39 heavy (non-hydrogen) atoms. The summed E-state index contributed by atoms with van der Waals surface area (Å²) >= 11 is 0. The number of nitrogens with zero attached hydrogens (tertiary/aromatic N) is 2. The van der Waals surface area contributed by atoms with E-state index in [2.05, 4.69) is 94.5 Å². The van der Waals surface area contributed by atoms with Crippen molar-refractivity contribution in [1.29, 1.82) is 0 Å². The van der Waals surface area contributed by atoms with Gasteiger partial charge in [0.05, 0.1) is 19.3 Å². The lowest BCUT2D eigenvalue weighted by molar-refractivity contribution is 0.0364. The zero-order valence-corrected chi connectivity index (χ0v) is 23.2. The first-order valence-corrected chi connectivity index (χ1v) is 14.5. The molecule has 2 aliphatic rings. The summed E-state index contributed by atoms with van der Waals surface area (Å²) in [4.78, 5) is 18.0. The van der Waals surface area contributed by atoms with Gasteiger partial charge in [-0.05, 0) is 53.8 Å². The highest BCUT2D eigenvalue weighted by Gasteiger charge is 2.19. The Morgan fingerprint density at radius 1 is 1.05 bits per heavy atom. The minimum absolute atomic E-state index is 0.0168. The van der Waals surface area contributed by atoms with E-state index >= 15 is 0 Å². The Morgan fingerprint density at radius 3 is 2.62 bits per heavy atom. The van der Waals surface area contributed by atoms with Crippen molar-refractivity contribution in [2.24, 2.45) is 0 Å². The number of rotatable bonds is 11. The van der Waals surface area contributed by atoms with Gasteiger partial charge < -0.3 is 25.6 Å². The van der Waals surface area contributed by atoms with Crippen molar-refractivity contribution in [2.45, 2.75) is 44.9 Å². The van der Waals surface area contributed by atoms with Crippen LogP contribution in [0.1, 0.15) is 42.5 Å². The number of urea groups is 1. The van der Waals surface area contributed by atoms with Crippen molar-refractivity contribution in [1.82, 2.24) is 25.8 Å². The highest BCUT2D eigenvalue weighted by molar-refractivity contribution is 5.86. The molecule has 2 saturated heterocycles. The number of carbonyl (C=O) groups is 1. The molecule has 0 aliphatic carbocycles. The standard InChI is InChI=1S/C32H43N5O2/c1-25(30-9-4-7-28-6-2-3-8-31(28)30)35-32(38)37(17-5-16-36-18-20-39-21-19-36)24-27-12-10-26(11-13-27)22-34-29-14-15-33-23-29/h2-4,6-13,25,29,33-34H,5,14-24H2,1H3,(H,35,38)/t25-,29?/m0/s1. The van der Waals surface area contributed by atoms with Gasteiger partial charge in [0.15, 0.2) is 0 Å². The normalized spacial score (nSPS) is 18.7. The van der Waals surface area contributed by atoms with Gasteiger partial charge in [0.1, 0.15) is 0 Å². The second-order valence-corrected chi connectivity index (χ2v) is 10.9. The van der Waals surface area contributed by atoms with E-state index in [1.807, 2.05) is 4.90 Å². The first-order chi connectivity index (χ1) is 19.2. The van der Waals surface area contributed by atoms with Gasteiger partial charge in [0, 0.05) is 51.9 Å². The van der Waals surface area contributed by atoms with Crippen LogP contribution in [0, 0.1) is 0 Å². The molecular formula is C32H43N5O2. The van der Waals surface area contributed by atoms with Crippen LogP contribution in [0.4, 0.5) is 4.79 Å². The lowest BCUT2D eigenvalue weighted by atomic mass is 10.00. The minimum Gasteiger partial charge on any atom is -0.379 e. The monoisotopic (exact) mass is 529 g/mol. The number of amides is 2. The molecule has 0 spiro atoms. The quantitative estimate of drug-likeness (QED) is 0.346. The van der Waals surface area contributed by atoms with Crippen molar-refractivity contribution in [3.8, 4) is 0 Å². The van der Waals surface area contributed by atoms with Crippen LogP contribution >= 0.6 is 0 Å². The SMILES string of the molecule is C[C@H](NC(=O)N(CCCN1CCOCC1)Cc1ccc(CNC2CCNC2)cc1)c1cccc2ccccc12. The lowest BCUT2D eigenvalue weighted by Crippen LogP contribution is -2.43. The third-order valence-corrected chi connectivity index (χ3v) is 7.97. The predicted molar refractivity (Wildman–Crippen MR) is 158 cm³/mol. The summed E-state index contributed by atoms with van der Waals surface area (Å²) in [6.07, 6.45) is 2.12. The highest BCUT2D eigenvalue weighted by Crippen LogP contribution is 2.24. The Hall–Kier alpha value is -2.97. The molecule has 1 unspecified atom stereocenters. The molecule has 0 bridgehead atoms. The summed E-state index contributed by atoms with van der Waals surface area (Å²) in [5.41, 5.74) is 3.57. The van der Waals surface area contributed by atoms with Crippen LogP contribution in [0.2, 0.25) is 0 Å². The Morgan fingerprint density at radius 2 is 1.82 bits per heavy atom. The van der Waals surface area contributed by atoms with E-state index in [4.69, 9.17) is 4.74 Å². The number of ether oxygens (including phenoxy) is 1. The molecular weight excluding hydrogens is 486 g/mol. The number of hydrogen-bond acceptors (Lipinski definition) is 5. The summed E-state index contributed by atoms with van der Waals surface area (Å²) in [6.45, 7) is 10.9. The van der Waals surface area contributed by atoms with Crippen molar-refractivity contribution in [2.75, 3.05) is 52.5 Å². The van der Waals surface area contributed by atoms with E-state index < -0.39 is 0 Å². The van der Waals surface area contributed by atoms with Crippen molar-refractivity contribution in [3.05, 3.63) is 83.4 Å². The summed E-state index contributed by atoms with van der Waals surface area (Å²) in [6, 6.07) is 23.8. The Bertz CT molecular complexity index is 1180. The van der Waals surface area contributed by atoms with Gasteiger partial charge >= 0.3 is 6.03 Å². The van der Waals surface area contributed by atoms with Gasteiger partial charge in [-0.15, -0.1) is 0 Å². The fourth-order valence-corrected chi connectivity index (χ4v) is 5.62. The maximum Gasteiger partial charge on any atom is 0.318 e. The third-order valence-electron chi connectivity index (χ3n) is 7.97. The van der Waals surface area contributed by atoms with Crippen LogP contribution in [-0.4, -0.2) is 74.4 Å². The first-order valence-electron chi connectivity index (χ1n) is 14.5. The zero-order chi connectivity index (χ0) is 26.9. The molecule has 208 valence electrons. The van der Waals surface area contributed by atoms with E-state index in [1.165, 1.54) is 22.8 Å². The fraction of sp³-hybridized carbons (Fsp3) is 0.469. The minimum atomic E-state index is -0.0936. The molecule has 2 fully saturated rings. The van der Waals surface area contributed by atoms with E-state index in [9.17, 15) is 4.79 Å². The molecule has 0 aromatic heterocycles. The summed E-state index contributed by atoms with van der Waals surface area (Å²) in [5, 5.41) is 12.7. The van der Waals surface area contributed by atoms with E-state index in [0.717, 1.165) is 70.0 Å². The molecule has 7 nitrogen and oxygen atoms in total. The first kappa shape index (κ1) is 27.6. The lowest BCUT2D eigenvalue weighted by Gasteiger charge is -2.29. The highest BCUT2D eigenvalue weighted by atomic mass is 16.5. The number of nitrogens with one attached hydrogen (secondary N) is 3. The zero-order valence-electron chi connectivity index (χ0n) is 23.2. The van der Waals surface area contributed by atoms with Gasteiger partial charge in [-0.25, -0.2) is 4.79 Å². The van der Waals surface area contributed by atoms with Gasteiger partial charge in [0.2, 0.25) is 0 Å². The Labute approximate surface area is 232 Å². The molecule has 3 N–H and O–H groups in total. The van der Waals surface area contributed by atoms with Crippen molar-refractivity contribution >= 4 is 16.8 Å². The molecule has 2 aliphatic heterocycles. The molecule has 2 heterocycles. The Kier molecular flexibility index (Phi) is 9.83. The van der Waals surface area contributed by atoms with Crippen LogP contribution in [0.15, 0.2) is 66.7 Å². The number of morpholine rings is 1. The Balaban J connectivity index is 1.22. The number of fused-ring (bicyclic) bond motifs is 1. The van der Waals surface area contributed by atoms with Gasteiger partial charge in [-0.3, -0.25) is 4.90 Å². The van der Waals surface area contributed by atoms with Gasteiger partial charge in [0.25, 0.3) is 0 Å². The van der Waals surface area contributed by atoms with Gasteiger partial charge in [-0.1, -0.05) is 66.7 Å². The molecule has 2 atom stereocenters. The molecule has 0 radical (unpaired) electrons. The summed E-state index contributed by atoms with van der Waals surface area (Å²) < 4.78 is 5.49. The number of carbonyl (C=O) groups excluding carboxylic acids is 1. The maximum absolute atomic E-state index is 13.6. The topological polar surface area (TPSA) is 68.9 Å². The molecule has 3 aromatic rings. The smallest absolute Gasteiger partial charge is 0.318 e. The van der Waals surface area contributed by atoms with Crippen LogP contribution in [0.5, 0.6) is 0 Å². The molecule has 3 aromatic carbocycles.